The number of anilines is 1. The molecule has 5 nitrogen and oxygen atoms in total. The molecule has 1 saturated heterocycles. The summed E-state index contributed by atoms with van der Waals surface area (Å²) in [7, 11) is 0. The van der Waals surface area contributed by atoms with Crippen LogP contribution in [0.4, 0.5) is 10.1 Å². The van der Waals surface area contributed by atoms with Gasteiger partial charge >= 0.3 is 5.97 Å². The van der Waals surface area contributed by atoms with Crippen LogP contribution in [0.25, 0.3) is 0 Å². The summed E-state index contributed by atoms with van der Waals surface area (Å²) in [6.07, 6.45) is 0.335. The number of hydrogen-bond donors (Lipinski definition) is 2. The maximum absolute atomic E-state index is 13.0. The number of aliphatic carboxylic acids is 1. The molecule has 0 bridgehead atoms. The molecule has 2 aromatic rings. The molecule has 0 aliphatic carbocycles. The Balaban J connectivity index is 1.54. The quantitative estimate of drug-likeness (QED) is 0.829. The van der Waals surface area contributed by atoms with Gasteiger partial charge in [-0.05, 0) is 41.8 Å². The van der Waals surface area contributed by atoms with E-state index in [-0.39, 0.29) is 5.82 Å². The molecule has 1 fully saturated rings. The fourth-order valence-electron chi connectivity index (χ4n) is 3.27. The van der Waals surface area contributed by atoms with Crippen LogP contribution < -0.4 is 10.6 Å². The maximum Gasteiger partial charge on any atom is 0.320 e. The minimum absolute atomic E-state index is 0.213. The molecule has 2 aromatic carbocycles. The Kier molecular flexibility index (Phi) is 5.85. The molecule has 1 unspecified atom stereocenters. The smallest absolute Gasteiger partial charge is 0.320 e. The second-order valence-corrected chi connectivity index (χ2v) is 6.71. The summed E-state index contributed by atoms with van der Waals surface area (Å²) >= 11 is 0. The van der Waals surface area contributed by atoms with Crippen LogP contribution in [-0.4, -0.2) is 48.2 Å². The van der Waals surface area contributed by atoms with Gasteiger partial charge in [0.2, 0.25) is 0 Å². The summed E-state index contributed by atoms with van der Waals surface area (Å²) < 4.78 is 13.0. The molecular weight excluding hydrogens is 333 g/mol. The van der Waals surface area contributed by atoms with Gasteiger partial charge in [0.15, 0.2) is 0 Å². The van der Waals surface area contributed by atoms with E-state index in [1.54, 1.807) is 0 Å². The Morgan fingerprint density at radius 3 is 2.38 bits per heavy atom. The third-order valence-electron chi connectivity index (χ3n) is 4.73. The SMILES string of the molecule is NC(Cc1cccc(CN2CCN(c3ccc(F)cc3)CC2)c1)C(=O)O. The molecule has 0 saturated carbocycles. The fraction of sp³-hybridized carbons (Fsp3) is 0.350. The highest BCUT2D eigenvalue weighted by molar-refractivity contribution is 5.73. The summed E-state index contributed by atoms with van der Waals surface area (Å²) in [6.45, 7) is 4.48. The summed E-state index contributed by atoms with van der Waals surface area (Å²) in [4.78, 5) is 15.5. The van der Waals surface area contributed by atoms with Crippen molar-refractivity contribution in [3.63, 3.8) is 0 Å². The molecule has 1 heterocycles. The number of piperazine rings is 1. The Morgan fingerprint density at radius 1 is 1.08 bits per heavy atom. The molecule has 0 spiro atoms. The summed E-state index contributed by atoms with van der Waals surface area (Å²) in [5.41, 5.74) is 8.78. The van der Waals surface area contributed by atoms with E-state index in [4.69, 9.17) is 10.8 Å². The van der Waals surface area contributed by atoms with Crippen molar-refractivity contribution in [1.82, 2.24) is 4.90 Å². The zero-order valence-electron chi connectivity index (χ0n) is 14.6. The number of benzene rings is 2. The first-order chi connectivity index (χ1) is 12.5. The number of nitrogens with zero attached hydrogens (tertiary/aromatic N) is 2. The lowest BCUT2D eigenvalue weighted by Gasteiger charge is -2.36. The van der Waals surface area contributed by atoms with Crippen molar-refractivity contribution >= 4 is 11.7 Å². The van der Waals surface area contributed by atoms with Crippen molar-refractivity contribution in [2.24, 2.45) is 5.73 Å². The molecule has 6 heteroatoms. The Bertz CT molecular complexity index is 743. The first kappa shape index (κ1) is 18.4. The highest BCUT2D eigenvalue weighted by atomic mass is 19.1. The lowest BCUT2D eigenvalue weighted by atomic mass is 10.0. The molecule has 3 N–H and O–H groups in total. The minimum Gasteiger partial charge on any atom is -0.480 e. The molecule has 0 aromatic heterocycles. The van der Waals surface area contributed by atoms with Gasteiger partial charge in [0.25, 0.3) is 0 Å². The largest absolute Gasteiger partial charge is 0.480 e. The van der Waals surface area contributed by atoms with Crippen LogP contribution >= 0.6 is 0 Å². The molecular formula is C20H24FN3O2. The van der Waals surface area contributed by atoms with E-state index >= 15 is 0 Å². The number of carboxylic acids is 1. The van der Waals surface area contributed by atoms with Crippen molar-refractivity contribution < 1.29 is 14.3 Å². The van der Waals surface area contributed by atoms with Gasteiger partial charge in [0.05, 0.1) is 0 Å². The Labute approximate surface area is 152 Å². The van der Waals surface area contributed by atoms with E-state index in [0.717, 1.165) is 49.5 Å². The third-order valence-corrected chi connectivity index (χ3v) is 4.73. The predicted molar refractivity (Wildman–Crippen MR) is 99.6 cm³/mol. The zero-order chi connectivity index (χ0) is 18.5. The standard InChI is InChI=1S/C20H24FN3O2/c21-17-4-6-18(7-5-17)24-10-8-23(9-11-24)14-16-3-1-2-15(12-16)13-19(22)20(25)26/h1-7,12,19H,8-11,13-14,22H2,(H,25,26). The zero-order valence-corrected chi connectivity index (χ0v) is 14.6. The number of hydrogen-bond acceptors (Lipinski definition) is 4. The van der Waals surface area contributed by atoms with Gasteiger partial charge in [-0.25, -0.2) is 4.39 Å². The molecule has 0 radical (unpaired) electrons. The summed E-state index contributed by atoms with van der Waals surface area (Å²) in [5, 5.41) is 8.95. The molecule has 3 rings (SSSR count). The normalized spacial score (nSPS) is 16.5. The summed E-state index contributed by atoms with van der Waals surface area (Å²) in [5.74, 6) is -1.19. The number of halogens is 1. The van der Waals surface area contributed by atoms with E-state index in [1.807, 2.05) is 30.3 Å². The van der Waals surface area contributed by atoms with Crippen molar-refractivity contribution in [2.45, 2.75) is 19.0 Å². The average Bonchev–Trinajstić information content (AvgIpc) is 2.63. The third kappa shape index (κ3) is 4.80. The number of carboxylic acid groups (broad SMARTS) is 1. The van der Waals surface area contributed by atoms with Crippen LogP contribution in [0.2, 0.25) is 0 Å². The van der Waals surface area contributed by atoms with E-state index < -0.39 is 12.0 Å². The predicted octanol–water partition coefficient (Wildman–Crippen LogP) is 2.10. The first-order valence-corrected chi connectivity index (χ1v) is 8.80. The molecule has 1 aliphatic rings. The molecule has 0 amide bonds. The van der Waals surface area contributed by atoms with E-state index in [9.17, 15) is 9.18 Å². The minimum atomic E-state index is -0.979. The number of nitrogens with two attached hydrogens (primary N) is 1. The average molecular weight is 357 g/mol. The lowest BCUT2D eigenvalue weighted by molar-refractivity contribution is -0.138. The molecule has 1 atom stereocenters. The van der Waals surface area contributed by atoms with Crippen LogP contribution in [0.1, 0.15) is 11.1 Å². The second-order valence-electron chi connectivity index (χ2n) is 6.71. The van der Waals surface area contributed by atoms with Crippen molar-refractivity contribution in [3.8, 4) is 0 Å². The molecule has 1 aliphatic heterocycles. The van der Waals surface area contributed by atoms with E-state index in [1.165, 1.54) is 12.1 Å². The van der Waals surface area contributed by atoms with Gasteiger partial charge in [-0.1, -0.05) is 24.3 Å². The van der Waals surface area contributed by atoms with Crippen LogP contribution in [-0.2, 0) is 17.8 Å². The maximum atomic E-state index is 13.0. The Hall–Kier alpha value is -2.44. The highest BCUT2D eigenvalue weighted by Crippen LogP contribution is 2.18. The van der Waals surface area contributed by atoms with Crippen molar-refractivity contribution in [3.05, 3.63) is 65.5 Å². The van der Waals surface area contributed by atoms with Crippen LogP contribution in [0.5, 0.6) is 0 Å². The number of rotatable bonds is 6. The van der Waals surface area contributed by atoms with Gasteiger partial charge < -0.3 is 15.7 Å². The topological polar surface area (TPSA) is 69.8 Å². The molecule has 138 valence electrons. The van der Waals surface area contributed by atoms with Crippen LogP contribution in [0.15, 0.2) is 48.5 Å². The van der Waals surface area contributed by atoms with Crippen LogP contribution in [0, 0.1) is 5.82 Å². The molecule has 26 heavy (non-hydrogen) atoms. The fourth-order valence-corrected chi connectivity index (χ4v) is 3.27. The van der Waals surface area contributed by atoms with Gasteiger partial charge in [0.1, 0.15) is 11.9 Å². The Morgan fingerprint density at radius 2 is 1.73 bits per heavy atom. The van der Waals surface area contributed by atoms with Crippen molar-refractivity contribution in [2.75, 3.05) is 31.1 Å². The van der Waals surface area contributed by atoms with Crippen LogP contribution in [0.3, 0.4) is 0 Å². The highest BCUT2D eigenvalue weighted by Gasteiger charge is 2.18. The summed E-state index contributed by atoms with van der Waals surface area (Å²) in [6, 6.07) is 13.7. The van der Waals surface area contributed by atoms with Gasteiger partial charge in [-0.15, -0.1) is 0 Å². The van der Waals surface area contributed by atoms with Gasteiger partial charge in [-0.3, -0.25) is 9.69 Å². The second kappa shape index (κ2) is 8.29. The van der Waals surface area contributed by atoms with E-state index in [0.29, 0.717) is 6.42 Å². The van der Waals surface area contributed by atoms with Gasteiger partial charge in [0, 0.05) is 38.4 Å². The monoisotopic (exact) mass is 357 g/mol. The van der Waals surface area contributed by atoms with E-state index in [2.05, 4.69) is 15.9 Å². The van der Waals surface area contributed by atoms with Gasteiger partial charge in [-0.2, -0.15) is 0 Å². The first-order valence-electron chi connectivity index (χ1n) is 8.80. The number of carbonyl (C=O) groups is 1. The van der Waals surface area contributed by atoms with Crippen molar-refractivity contribution in [1.29, 1.82) is 0 Å². The lowest BCUT2D eigenvalue weighted by Crippen LogP contribution is -2.46.